The van der Waals surface area contributed by atoms with Gasteiger partial charge in [0, 0.05) is 12.2 Å². The second-order valence-electron chi connectivity index (χ2n) is 6.52. The molecule has 0 spiro atoms. The Balaban J connectivity index is 1.41. The Morgan fingerprint density at radius 3 is 2.28 bits per heavy atom. The van der Waals surface area contributed by atoms with Crippen molar-refractivity contribution in [3.63, 3.8) is 0 Å². The largest absolute Gasteiger partial charge is 0.356 e. The van der Waals surface area contributed by atoms with Crippen LogP contribution >= 0.6 is 0 Å². The molecule has 1 aliphatic carbocycles. The van der Waals surface area contributed by atoms with E-state index < -0.39 is 0 Å². The fourth-order valence-corrected chi connectivity index (χ4v) is 2.94. The van der Waals surface area contributed by atoms with Gasteiger partial charge in [-0.25, -0.2) is 0 Å². The molecule has 2 unspecified atom stereocenters. The lowest BCUT2D eigenvalue weighted by Crippen LogP contribution is -2.29. The van der Waals surface area contributed by atoms with Crippen molar-refractivity contribution in [1.29, 1.82) is 0 Å². The molecule has 0 heterocycles. The molecule has 1 saturated carbocycles. The Morgan fingerprint density at radius 2 is 1.60 bits per heavy atom. The number of hydrogen-bond donors (Lipinski definition) is 2. The third kappa shape index (κ3) is 4.69. The molecule has 1 aliphatic rings. The van der Waals surface area contributed by atoms with E-state index in [2.05, 4.69) is 17.6 Å². The van der Waals surface area contributed by atoms with Crippen LogP contribution in [0, 0.1) is 11.8 Å². The van der Waals surface area contributed by atoms with E-state index in [1.807, 2.05) is 54.6 Å². The van der Waals surface area contributed by atoms with Crippen LogP contribution in [0.4, 0.5) is 5.69 Å². The molecule has 2 amide bonds. The van der Waals surface area contributed by atoms with Crippen molar-refractivity contribution in [2.45, 2.75) is 26.2 Å². The minimum atomic E-state index is -0.206. The molecule has 4 nitrogen and oxygen atoms in total. The molecular formula is C21H24N2O2. The number of amides is 2. The molecule has 2 N–H and O–H groups in total. The Morgan fingerprint density at radius 1 is 0.920 bits per heavy atom. The quantitative estimate of drug-likeness (QED) is 0.816. The van der Waals surface area contributed by atoms with Crippen LogP contribution in [0.5, 0.6) is 0 Å². The van der Waals surface area contributed by atoms with Crippen LogP contribution in [-0.4, -0.2) is 18.4 Å². The number of carbonyl (C=O) groups excluding carboxylic acids is 2. The summed E-state index contributed by atoms with van der Waals surface area (Å²) in [4.78, 5) is 24.4. The number of hydrogen-bond acceptors (Lipinski definition) is 2. The Kier molecular flexibility index (Phi) is 5.49. The average Bonchev–Trinajstić information content (AvgIpc) is 3.44. The van der Waals surface area contributed by atoms with Gasteiger partial charge in [-0.15, -0.1) is 0 Å². The van der Waals surface area contributed by atoms with Crippen LogP contribution in [-0.2, 0) is 22.4 Å². The molecule has 2 atom stereocenters. The Bertz CT molecular complexity index is 725. The molecule has 130 valence electrons. The van der Waals surface area contributed by atoms with E-state index in [1.54, 1.807) is 0 Å². The van der Waals surface area contributed by atoms with Crippen molar-refractivity contribution in [2.75, 3.05) is 11.9 Å². The van der Waals surface area contributed by atoms with E-state index in [0.717, 1.165) is 18.5 Å². The fourth-order valence-electron chi connectivity index (χ4n) is 2.94. The summed E-state index contributed by atoms with van der Waals surface area (Å²) in [6, 6.07) is 17.9. The van der Waals surface area contributed by atoms with Crippen molar-refractivity contribution in [3.8, 4) is 0 Å². The van der Waals surface area contributed by atoms with Crippen molar-refractivity contribution >= 4 is 17.5 Å². The predicted octanol–water partition coefficient (Wildman–Crippen LogP) is 3.18. The summed E-state index contributed by atoms with van der Waals surface area (Å²) in [7, 11) is 0. The maximum Gasteiger partial charge on any atom is 0.228 e. The number of nitrogens with one attached hydrogen (secondary N) is 2. The van der Waals surface area contributed by atoms with Crippen molar-refractivity contribution in [2.24, 2.45) is 11.8 Å². The average molecular weight is 336 g/mol. The third-order valence-electron chi connectivity index (χ3n) is 4.65. The van der Waals surface area contributed by atoms with E-state index >= 15 is 0 Å². The normalized spacial score (nSPS) is 18.4. The zero-order valence-electron chi connectivity index (χ0n) is 14.5. The summed E-state index contributed by atoms with van der Waals surface area (Å²) in [6.45, 7) is 2.70. The van der Waals surface area contributed by atoms with Gasteiger partial charge in [-0.1, -0.05) is 49.4 Å². The molecule has 2 aromatic rings. The molecule has 2 aromatic carbocycles. The number of rotatable bonds is 7. The van der Waals surface area contributed by atoms with Crippen LogP contribution in [0.25, 0.3) is 0 Å². The van der Waals surface area contributed by atoms with Gasteiger partial charge in [0.05, 0.1) is 11.8 Å². The van der Waals surface area contributed by atoms with Gasteiger partial charge in [0.1, 0.15) is 0 Å². The van der Waals surface area contributed by atoms with Crippen LogP contribution in [0.2, 0.25) is 0 Å². The highest BCUT2D eigenvalue weighted by Gasteiger charge is 2.47. The smallest absolute Gasteiger partial charge is 0.228 e. The lowest BCUT2D eigenvalue weighted by atomic mass is 10.1. The molecule has 0 bridgehead atoms. The summed E-state index contributed by atoms with van der Waals surface area (Å²) in [5.41, 5.74) is 3.22. The number of aryl methyl sites for hydroxylation is 1. The summed E-state index contributed by atoms with van der Waals surface area (Å²) < 4.78 is 0. The minimum Gasteiger partial charge on any atom is -0.356 e. The van der Waals surface area contributed by atoms with Gasteiger partial charge in [-0.05, 0) is 42.5 Å². The van der Waals surface area contributed by atoms with E-state index in [0.29, 0.717) is 13.0 Å². The third-order valence-corrected chi connectivity index (χ3v) is 4.65. The van der Waals surface area contributed by atoms with Crippen LogP contribution in [0.15, 0.2) is 54.6 Å². The first-order chi connectivity index (χ1) is 12.2. The van der Waals surface area contributed by atoms with Crippen molar-refractivity contribution in [1.82, 2.24) is 5.32 Å². The van der Waals surface area contributed by atoms with Gasteiger partial charge in [-0.2, -0.15) is 0 Å². The Labute approximate surface area is 148 Å². The fraction of sp³-hybridized carbons (Fsp3) is 0.333. The van der Waals surface area contributed by atoms with Crippen molar-refractivity contribution in [3.05, 3.63) is 65.7 Å². The Hall–Kier alpha value is -2.62. The minimum absolute atomic E-state index is 0.0163. The van der Waals surface area contributed by atoms with E-state index in [-0.39, 0.29) is 23.7 Å². The van der Waals surface area contributed by atoms with E-state index in [1.165, 1.54) is 11.1 Å². The van der Waals surface area contributed by atoms with Gasteiger partial charge in [0.25, 0.3) is 0 Å². The molecule has 4 heteroatoms. The van der Waals surface area contributed by atoms with Crippen LogP contribution < -0.4 is 10.6 Å². The topological polar surface area (TPSA) is 58.2 Å². The van der Waals surface area contributed by atoms with Gasteiger partial charge < -0.3 is 10.6 Å². The van der Waals surface area contributed by atoms with Crippen LogP contribution in [0.3, 0.4) is 0 Å². The summed E-state index contributed by atoms with van der Waals surface area (Å²) in [5.74, 6) is -0.474. The first kappa shape index (κ1) is 17.2. The molecule has 0 saturated heterocycles. The molecule has 25 heavy (non-hydrogen) atoms. The second-order valence-corrected chi connectivity index (χ2v) is 6.52. The lowest BCUT2D eigenvalue weighted by molar-refractivity contribution is -0.125. The van der Waals surface area contributed by atoms with E-state index in [9.17, 15) is 9.59 Å². The molecule has 0 radical (unpaired) electrons. The van der Waals surface area contributed by atoms with Gasteiger partial charge in [0.2, 0.25) is 11.8 Å². The highest BCUT2D eigenvalue weighted by atomic mass is 16.2. The summed E-state index contributed by atoms with van der Waals surface area (Å²) >= 11 is 0. The van der Waals surface area contributed by atoms with Gasteiger partial charge in [0.15, 0.2) is 0 Å². The summed E-state index contributed by atoms with van der Waals surface area (Å²) in [5, 5.41) is 5.84. The predicted molar refractivity (Wildman–Crippen MR) is 99.2 cm³/mol. The highest BCUT2D eigenvalue weighted by Crippen LogP contribution is 2.39. The maximum absolute atomic E-state index is 12.2. The summed E-state index contributed by atoms with van der Waals surface area (Å²) in [6.07, 6.45) is 2.41. The first-order valence-corrected chi connectivity index (χ1v) is 8.89. The molecule has 1 fully saturated rings. The zero-order valence-corrected chi connectivity index (χ0v) is 14.5. The lowest BCUT2D eigenvalue weighted by Gasteiger charge is -2.07. The van der Waals surface area contributed by atoms with Gasteiger partial charge in [-0.3, -0.25) is 9.59 Å². The maximum atomic E-state index is 12.2. The zero-order chi connectivity index (χ0) is 17.6. The highest BCUT2D eigenvalue weighted by molar-refractivity contribution is 5.99. The number of carbonyl (C=O) groups is 2. The standard InChI is InChI=1S/C21H24N2O2/c1-2-15-8-10-17(11-9-15)23-21(25)19-14-18(19)20(24)22-13-12-16-6-4-3-5-7-16/h3-11,18-19H,2,12-14H2,1H3,(H,22,24)(H,23,25). The van der Waals surface area contributed by atoms with Crippen molar-refractivity contribution < 1.29 is 9.59 Å². The monoisotopic (exact) mass is 336 g/mol. The molecule has 0 aromatic heterocycles. The number of benzene rings is 2. The number of anilines is 1. The SMILES string of the molecule is CCc1ccc(NC(=O)C2CC2C(=O)NCCc2ccccc2)cc1. The first-order valence-electron chi connectivity index (χ1n) is 8.89. The van der Waals surface area contributed by atoms with E-state index in [4.69, 9.17) is 0 Å². The second kappa shape index (κ2) is 7.97. The van der Waals surface area contributed by atoms with Crippen LogP contribution in [0.1, 0.15) is 24.5 Å². The molecule has 0 aliphatic heterocycles. The van der Waals surface area contributed by atoms with Gasteiger partial charge >= 0.3 is 0 Å². The molecule has 3 rings (SSSR count). The molecular weight excluding hydrogens is 312 g/mol.